The highest BCUT2D eigenvalue weighted by molar-refractivity contribution is 5.83. The van der Waals surface area contributed by atoms with E-state index in [0.29, 0.717) is 42.6 Å². The predicted octanol–water partition coefficient (Wildman–Crippen LogP) is 0.440. The summed E-state index contributed by atoms with van der Waals surface area (Å²) in [5.74, 6) is 0.959. The Balaban J connectivity index is 1.70. The van der Waals surface area contributed by atoms with Crippen molar-refractivity contribution in [3.05, 3.63) is 35.9 Å². The summed E-state index contributed by atoms with van der Waals surface area (Å²) in [5, 5.41) is 19.3. The van der Waals surface area contributed by atoms with E-state index in [4.69, 9.17) is 5.73 Å². The minimum Gasteiger partial charge on any atom is -0.366 e. The van der Waals surface area contributed by atoms with Gasteiger partial charge >= 0.3 is 6.03 Å². The summed E-state index contributed by atoms with van der Waals surface area (Å²) in [4.78, 5) is 19.4. The van der Waals surface area contributed by atoms with Crippen LogP contribution in [0, 0.1) is 0 Å². The van der Waals surface area contributed by atoms with E-state index in [0.717, 1.165) is 5.56 Å². The average molecular weight is 327 g/mol. The van der Waals surface area contributed by atoms with Gasteiger partial charge in [-0.2, -0.15) is 20.3 Å². The van der Waals surface area contributed by atoms with Gasteiger partial charge in [-0.3, -0.25) is 0 Å². The van der Waals surface area contributed by atoms with Crippen LogP contribution in [0.1, 0.15) is 5.56 Å². The number of nitrogens with two attached hydrogens (primary N) is 1. The number of nitrogens with one attached hydrogen (secondary N) is 4. The van der Waals surface area contributed by atoms with E-state index in [1.165, 1.54) is 0 Å². The molecule has 124 valence electrons. The zero-order valence-corrected chi connectivity index (χ0v) is 12.8. The van der Waals surface area contributed by atoms with E-state index in [2.05, 4.69) is 41.3 Å². The van der Waals surface area contributed by atoms with Crippen molar-refractivity contribution in [2.45, 2.75) is 6.54 Å². The Morgan fingerprint density at radius 2 is 1.92 bits per heavy atom. The summed E-state index contributed by atoms with van der Waals surface area (Å²) in [5.41, 5.74) is 7.11. The van der Waals surface area contributed by atoms with E-state index in [-0.39, 0.29) is 0 Å². The fourth-order valence-corrected chi connectivity index (χ4v) is 2.09. The van der Waals surface area contributed by atoms with Crippen molar-refractivity contribution >= 4 is 29.0 Å². The van der Waals surface area contributed by atoms with Crippen LogP contribution in [-0.4, -0.2) is 44.5 Å². The van der Waals surface area contributed by atoms with Crippen LogP contribution in [0.2, 0.25) is 0 Å². The third-order valence-electron chi connectivity index (χ3n) is 3.19. The van der Waals surface area contributed by atoms with Gasteiger partial charge in [-0.15, -0.1) is 5.10 Å². The third-order valence-corrected chi connectivity index (χ3v) is 3.19. The number of carbonyl (C=O) groups excluding carboxylic acids is 1. The smallest absolute Gasteiger partial charge is 0.312 e. The quantitative estimate of drug-likeness (QED) is 0.396. The number of primary amides is 1. The number of fused-ring (bicyclic) bond motifs is 1. The molecule has 0 saturated carbocycles. The number of H-pyrrole nitrogens is 1. The molecule has 3 aromatic rings. The van der Waals surface area contributed by atoms with E-state index < -0.39 is 6.03 Å². The Morgan fingerprint density at radius 3 is 2.71 bits per heavy atom. The summed E-state index contributed by atoms with van der Waals surface area (Å²) in [6.07, 6.45) is 0. The number of nitrogens with zero attached hydrogens (tertiary/aromatic N) is 4. The first-order chi connectivity index (χ1) is 11.7. The second kappa shape index (κ2) is 7.22. The van der Waals surface area contributed by atoms with Gasteiger partial charge in [0.15, 0.2) is 11.3 Å². The van der Waals surface area contributed by atoms with Crippen molar-refractivity contribution in [1.82, 2.24) is 30.7 Å². The summed E-state index contributed by atoms with van der Waals surface area (Å²) in [6, 6.07) is 9.35. The SMILES string of the molecule is NC(=O)NCCNc1nc(NCc2ccccc2)nc2n[nH]nc12. The zero-order chi connectivity index (χ0) is 16.8. The Hall–Kier alpha value is -3.43. The van der Waals surface area contributed by atoms with Gasteiger partial charge in [-0.1, -0.05) is 30.3 Å². The lowest BCUT2D eigenvalue weighted by molar-refractivity contribution is 0.249. The molecule has 2 amide bonds. The van der Waals surface area contributed by atoms with Gasteiger partial charge < -0.3 is 21.7 Å². The largest absolute Gasteiger partial charge is 0.366 e. The average Bonchev–Trinajstić information content (AvgIpc) is 3.06. The van der Waals surface area contributed by atoms with Gasteiger partial charge in [0.05, 0.1) is 0 Å². The van der Waals surface area contributed by atoms with Gasteiger partial charge in [0.2, 0.25) is 11.6 Å². The van der Waals surface area contributed by atoms with Gasteiger partial charge in [-0.25, -0.2) is 4.79 Å². The van der Waals surface area contributed by atoms with Crippen LogP contribution < -0.4 is 21.7 Å². The summed E-state index contributed by atoms with van der Waals surface area (Å²) in [7, 11) is 0. The number of amides is 2. The molecule has 3 rings (SSSR count). The first kappa shape index (κ1) is 15.5. The molecule has 2 aromatic heterocycles. The Bertz CT molecular complexity index is 817. The molecule has 10 heteroatoms. The van der Waals surface area contributed by atoms with Crippen molar-refractivity contribution in [1.29, 1.82) is 0 Å². The Labute approximate surface area is 137 Å². The van der Waals surface area contributed by atoms with Crippen molar-refractivity contribution < 1.29 is 4.79 Å². The fourth-order valence-electron chi connectivity index (χ4n) is 2.09. The summed E-state index contributed by atoms with van der Waals surface area (Å²) >= 11 is 0. The van der Waals surface area contributed by atoms with E-state index in [9.17, 15) is 4.79 Å². The number of hydrogen-bond donors (Lipinski definition) is 5. The van der Waals surface area contributed by atoms with Crippen LogP contribution in [0.25, 0.3) is 11.2 Å². The number of rotatable bonds is 7. The van der Waals surface area contributed by atoms with E-state index in [1.54, 1.807) is 0 Å². The maximum absolute atomic E-state index is 10.7. The maximum Gasteiger partial charge on any atom is 0.312 e. The van der Waals surface area contributed by atoms with E-state index >= 15 is 0 Å². The topological polar surface area (TPSA) is 147 Å². The zero-order valence-electron chi connectivity index (χ0n) is 12.8. The van der Waals surface area contributed by atoms with Crippen molar-refractivity contribution in [3.63, 3.8) is 0 Å². The molecule has 2 heterocycles. The molecule has 0 unspecified atom stereocenters. The molecule has 0 bridgehead atoms. The summed E-state index contributed by atoms with van der Waals surface area (Å²) < 4.78 is 0. The van der Waals surface area contributed by atoms with Crippen LogP contribution in [0.5, 0.6) is 0 Å². The van der Waals surface area contributed by atoms with Gasteiger partial charge in [0.25, 0.3) is 0 Å². The fraction of sp³-hybridized carbons (Fsp3) is 0.214. The summed E-state index contributed by atoms with van der Waals surface area (Å²) in [6.45, 7) is 1.40. The Morgan fingerprint density at radius 1 is 1.08 bits per heavy atom. The molecule has 0 fully saturated rings. The first-order valence-corrected chi connectivity index (χ1v) is 7.36. The number of hydrogen-bond acceptors (Lipinski definition) is 7. The van der Waals surface area contributed by atoms with Crippen LogP contribution in [0.15, 0.2) is 30.3 Å². The minimum atomic E-state index is -0.573. The minimum absolute atomic E-state index is 0.367. The van der Waals surface area contributed by atoms with Crippen molar-refractivity contribution in [2.24, 2.45) is 5.73 Å². The standard InChI is InChI=1S/C14H17N9O/c15-13(24)17-7-6-16-11-10-12(22-23-21-10)20-14(19-11)18-8-9-4-2-1-3-5-9/h1-5H,6-8H2,(H3,15,17,24)(H3,16,18,19,20,21,22,23). The lowest BCUT2D eigenvalue weighted by Gasteiger charge is -2.09. The molecule has 10 nitrogen and oxygen atoms in total. The van der Waals surface area contributed by atoms with Crippen molar-refractivity contribution in [2.75, 3.05) is 23.7 Å². The molecule has 0 aliphatic carbocycles. The molecule has 1 aromatic carbocycles. The number of benzene rings is 1. The molecular weight excluding hydrogens is 310 g/mol. The van der Waals surface area contributed by atoms with Crippen LogP contribution in [0.4, 0.5) is 16.6 Å². The molecule has 0 atom stereocenters. The second-order valence-electron chi connectivity index (χ2n) is 4.95. The monoisotopic (exact) mass is 327 g/mol. The predicted molar refractivity (Wildman–Crippen MR) is 89.3 cm³/mol. The highest BCUT2D eigenvalue weighted by Gasteiger charge is 2.11. The molecule has 0 radical (unpaired) electrons. The lowest BCUT2D eigenvalue weighted by atomic mass is 10.2. The number of aromatic amines is 1. The van der Waals surface area contributed by atoms with Gasteiger partial charge in [-0.05, 0) is 5.56 Å². The number of anilines is 2. The first-order valence-electron chi connectivity index (χ1n) is 7.36. The molecule has 24 heavy (non-hydrogen) atoms. The molecule has 0 saturated heterocycles. The maximum atomic E-state index is 10.7. The second-order valence-corrected chi connectivity index (χ2v) is 4.95. The van der Waals surface area contributed by atoms with E-state index in [1.807, 2.05) is 30.3 Å². The van der Waals surface area contributed by atoms with Crippen molar-refractivity contribution in [3.8, 4) is 0 Å². The van der Waals surface area contributed by atoms with Gasteiger partial charge in [0, 0.05) is 19.6 Å². The normalized spacial score (nSPS) is 10.5. The van der Waals surface area contributed by atoms with Crippen LogP contribution >= 0.6 is 0 Å². The van der Waals surface area contributed by atoms with Crippen LogP contribution in [-0.2, 0) is 6.54 Å². The van der Waals surface area contributed by atoms with Crippen LogP contribution in [0.3, 0.4) is 0 Å². The Kier molecular flexibility index (Phi) is 4.65. The van der Waals surface area contributed by atoms with Gasteiger partial charge in [0.1, 0.15) is 0 Å². The molecular formula is C14H17N9O. The number of aromatic nitrogens is 5. The molecule has 0 aliphatic heterocycles. The number of carbonyl (C=O) groups is 1. The highest BCUT2D eigenvalue weighted by Crippen LogP contribution is 2.17. The lowest BCUT2D eigenvalue weighted by Crippen LogP contribution is -2.33. The molecule has 6 N–H and O–H groups in total. The third kappa shape index (κ3) is 3.85. The molecule has 0 aliphatic rings. The molecule has 0 spiro atoms. The number of urea groups is 1. The highest BCUT2D eigenvalue weighted by atomic mass is 16.2.